The molecular formula is C7H14N4O2S. The number of rotatable bonds is 3. The number of hydrogen-bond donors (Lipinski definition) is 2. The predicted octanol–water partition coefficient (Wildman–Crippen LogP) is 0.0837. The molecule has 0 saturated carbocycles. The highest BCUT2D eigenvalue weighted by Crippen LogP contribution is 2.21. The molecule has 4 N–H and O–H groups in total. The van der Waals surface area contributed by atoms with Gasteiger partial charge in [0.1, 0.15) is 10.7 Å². The van der Waals surface area contributed by atoms with Gasteiger partial charge in [0.25, 0.3) is 0 Å². The van der Waals surface area contributed by atoms with Crippen molar-refractivity contribution < 1.29 is 8.42 Å². The van der Waals surface area contributed by atoms with Gasteiger partial charge >= 0.3 is 0 Å². The molecule has 0 spiro atoms. The molecule has 0 aromatic carbocycles. The summed E-state index contributed by atoms with van der Waals surface area (Å²) in [5.41, 5.74) is 5.61. The van der Waals surface area contributed by atoms with Gasteiger partial charge in [-0.25, -0.2) is 18.2 Å². The Hall–Kier alpha value is -1.08. The highest BCUT2D eigenvalue weighted by molar-refractivity contribution is 7.89. The molecule has 0 aliphatic heterocycles. The Morgan fingerprint density at radius 1 is 1.64 bits per heavy atom. The molecule has 1 rings (SSSR count). The number of nitrogens with zero attached hydrogens (tertiary/aromatic N) is 2. The second-order valence-electron chi connectivity index (χ2n) is 3.14. The minimum absolute atomic E-state index is 0.0606. The van der Waals surface area contributed by atoms with Crippen LogP contribution in [-0.2, 0) is 10.0 Å². The lowest BCUT2D eigenvalue weighted by Crippen LogP contribution is -2.15. The second-order valence-corrected chi connectivity index (χ2v) is 4.67. The standard InChI is InChI=1S/C7H14N4O2S/c1-3-5(2)11-7(8)6(4-10-11)14(9,12)13/h4-5H,3,8H2,1-2H3,(H2,9,12,13). The van der Waals surface area contributed by atoms with E-state index in [2.05, 4.69) is 5.10 Å². The maximum atomic E-state index is 11.0. The van der Waals surface area contributed by atoms with Crippen molar-refractivity contribution in [2.75, 3.05) is 5.73 Å². The lowest BCUT2D eigenvalue weighted by Gasteiger charge is -2.10. The zero-order valence-corrected chi connectivity index (χ0v) is 8.95. The number of nitrogens with two attached hydrogens (primary N) is 2. The zero-order chi connectivity index (χ0) is 10.9. The van der Waals surface area contributed by atoms with E-state index in [0.717, 1.165) is 6.42 Å². The maximum Gasteiger partial charge on any atom is 0.243 e. The van der Waals surface area contributed by atoms with Crippen LogP contribution in [0.25, 0.3) is 0 Å². The molecule has 80 valence electrons. The van der Waals surface area contributed by atoms with E-state index in [9.17, 15) is 8.42 Å². The van der Waals surface area contributed by atoms with E-state index >= 15 is 0 Å². The Balaban J connectivity index is 3.22. The first-order valence-electron chi connectivity index (χ1n) is 4.23. The predicted molar refractivity (Wildman–Crippen MR) is 53.0 cm³/mol. The van der Waals surface area contributed by atoms with E-state index in [-0.39, 0.29) is 16.8 Å². The number of hydrogen-bond acceptors (Lipinski definition) is 4. The largest absolute Gasteiger partial charge is 0.383 e. The number of primary sulfonamides is 1. The van der Waals surface area contributed by atoms with Gasteiger partial charge in [-0.1, -0.05) is 6.92 Å². The van der Waals surface area contributed by atoms with Crippen molar-refractivity contribution in [3.05, 3.63) is 6.20 Å². The monoisotopic (exact) mass is 218 g/mol. The summed E-state index contributed by atoms with van der Waals surface area (Å²) in [6, 6.07) is 0.0606. The number of aromatic nitrogens is 2. The highest BCUT2D eigenvalue weighted by Gasteiger charge is 2.19. The molecule has 0 aliphatic rings. The van der Waals surface area contributed by atoms with Crippen LogP contribution in [0.15, 0.2) is 11.1 Å². The number of anilines is 1. The van der Waals surface area contributed by atoms with Crippen molar-refractivity contribution in [3.8, 4) is 0 Å². The van der Waals surface area contributed by atoms with Crippen LogP contribution < -0.4 is 10.9 Å². The third-order valence-corrected chi connectivity index (χ3v) is 3.04. The van der Waals surface area contributed by atoms with Crippen LogP contribution in [0.5, 0.6) is 0 Å². The third kappa shape index (κ3) is 1.88. The molecule has 0 aliphatic carbocycles. The topological polar surface area (TPSA) is 104 Å². The van der Waals surface area contributed by atoms with Crippen LogP contribution >= 0.6 is 0 Å². The fourth-order valence-electron chi connectivity index (χ4n) is 1.10. The summed E-state index contributed by atoms with van der Waals surface area (Å²) in [4.78, 5) is -0.113. The Kier molecular flexibility index (Phi) is 2.81. The van der Waals surface area contributed by atoms with Crippen LogP contribution in [0, 0.1) is 0 Å². The molecule has 6 nitrogen and oxygen atoms in total. The summed E-state index contributed by atoms with van der Waals surface area (Å²) in [5.74, 6) is 0.0989. The van der Waals surface area contributed by atoms with Crippen molar-refractivity contribution in [2.24, 2.45) is 5.14 Å². The van der Waals surface area contributed by atoms with E-state index in [4.69, 9.17) is 10.9 Å². The molecule has 1 unspecified atom stereocenters. The van der Waals surface area contributed by atoms with Crippen molar-refractivity contribution >= 4 is 15.8 Å². The summed E-state index contributed by atoms with van der Waals surface area (Å²) in [7, 11) is -3.76. The molecule has 14 heavy (non-hydrogen) atoms. The molecule has 0 amide bonds. The average molecular weight is 218 g/mol. The van der Waals surface area contributed by atoms with E-state index in [0.29, 0.717) is 0 Å². The molecule has 1 aromatic rings. The first-order chi connectivity index (χ1) is 6.38. The lowest BCUT2D eigenvalue weighted by atomic mass is 10.3. The van der Waals surface area contributed by atoms with Gasteiger partial charge in [-0.3, -0.25) is 0 Å². The molecule has 7 heteroatoms. The summed E-state index contributed by atoms with van der Waals surface area (Å²) in [6.45, 7) is 3.86. The van der Waals surface area contributed by atoms with Crippen LogP contribution in [0.2, 0.25) is 0 Å². The Bertz CT molecular complexity index is 423. The Morgan fingerprint density at radius 2 is 2.21 bits per heavy atom. The van der Waals surface area contributed by atoms with Crippen LogP contribution in [0.1, 0.15) is 26.3 Å². The third-order valence-electron chi connectivity index (χ3n) is 2.11. The molecule has 1 atom stereocenters. The van der Waals surface area contributed by atoms with Crippen LogP contribution in [0.3, 0.4) is 0 Å². The van der Waals surface area contributed by atoms with Gasteiger partial charge < -0.3 is 5.73 Å². The van der Waals surface area contributed by atoms with Gasteiger partial charge in [0.15, 0.2) is 0 Å². The molecular weight excluding hydrogens is 204 g/mol. The first kappa shape index (κ1) is 11.0. The van der Waals surface area contributed by atoms with Gasteiger partial charge in [-0.05, 0) is 13.3 Å². The van der Waals surface area contributed by atoms with Gasteiger partial charge in [0.05, 0.1) is 12.2 Å². The van der Waals surface area contributed by atoms with E-state index < -0.39 is 10.0 Å². The quantitative estimate of drug-likeness (QED) is 0.749. The summed E-state index contributed by atoms with van der Waals surface area (Å²) in [5, 5.41) is 8.84. The van der Waals surface area contributed by atoms with E-state index in [1.165, 1.54) is 10.9 Å². The zero-order valence-electron chi connectivity index (χ0n) is 8.14. The molecule has 0 radical (unpaired) electrons. The van der Waals surface area contributed by atoms with Crippen molar-refractivity contribution in [1.29, 1.82) is 0 Å². The van der Waals surface area contributed by atoms with Crippen LogP contribution in [0.4, 0.5) is 5.82 Å². The van der Waals surface area contributed by atoms with Crippen molar-refractivity contribution in [2.45, 2.75) is 31.2 Å². The van der Waals surface area contributed by atoms with Gasteiger partial charge in [0, 0.05) is 0 Å². The fraction of sp³-hybridized carbons (Fsp3) is 0.571. The fourth-order valence-corrected chi connectivity index (χ4v) is 1.68. The van der Waals surface area contributed by atoms with E-state index in [1.807, 2.05) is 13.8 Å². The van der Waals surface area contributed by atoms with Crippen molar-refractivity contribution in [3.63, 3.8) is 0 Å². The van der Waals surface area contributed by atoms with Crippen LogP contribution in [-0.4, -0.2) is 18.2 Å². The number of sulfonamides is 1. The first-order valence-corrected chi connectivity index (χ1v) is 5.78. The molecule has 1 heterocycles. The van der Waals surface area contributed by atoms with Crippen molar-refractivity contribution in [1.82, 2.24) is 9.78 Å². The Morgan fingerprint density at radius 3 is 2.57 bits per heavy atom. The maximum absolute atomic E-state index is 11.0. The van der Waals surface area contributed by atoms with Gasteiger partial charge in [-0.15, -0.1) is 0 Å². The SMILES string of the molecule is CCC(C)n1ncc(S(N)(=O)=O)c1N. The molecule has 0 saturated heterocycles. The Labute approximate surface area is 82.9 Å². The lowest BCUT2D eigenvalue weighted by molar-refractivity contribution is 0.484. The van der Waals surface area contributed by atoms with Gasteiger partial charge in [0.2, 0.25) is 10.0 Å². The molecule has 1 aromatic heterocycles. The van der Waals surface area contributed by atoms with E-state index in [1.54, 1.807) is 0 Å². The molecule has 0 bridgehead atoms. The minimum Gasteiger partial charge on any atom is -0.383 e. The summed E-state index contributed by atoms with van der Waals surface area (Å²) < 4.78 is 23.5. The second kappa shape index (κ2) is 3.58. The number of nitrogen functional groups attached to an aromatic ring is 1. The normalized spacial score (nSPS) is 14.2. The van der Waals surface area contributed by atoms with Gasteiger partial charge in [-0.2, -0.15) is 5.10 Å². The summed E-state index contributed by atoms with van der Waals surface area (Å²) in [6.07, 6.45) is 1.99. The summed E-state index contributed by atoms with van der Waals surface area (Å²) >= 11 is 0. The molecule has 0 fully saturated rings. The highest BCUT2D eigenvalue weighted by atomic mass is 32.2. The average Bonchev–Trinajstić information content (AvgIpc) is 2.45. The minimum atomic E-state index is -3.76. The smallest absolute Gasteiger partial charge is 0.243 e.